The minimum Gasteiger partial charge on any atom is -0.443 e. The van der Waals surface area contributed by atoms with E-state index in [4.69, 9.17) is 9.16 Å². The molecule has 26 heavy (non-hydrogen) atoms. The molecule has 7 heteroatoms. The van der Waals surface area contributed by atoms with Crippen molar-refractivity contribution in [2.75, 3.05) is 0 Å². The molecular weight excluding hydrogens is 478 g/mol. The van der Waals surface area contributed by atoms with Gasteiger partial charge < -0.3 is 9.16 Å². The number of rotatable bonds is 5. The molecule has 0 radical (unpaired) electrons. The predicted octanol–water partition coefficient (Wildman–Crippen LogP) is 7.02. The van der Waals surface area contributed by atoms with Crippen LogP contribution in [0.25, 0.3) is 0 Å². The molecule has 0 spiro atoms. The van der Waals surface area contributed by atoms with Gasteiger partial charge in [0.2, 0.25) is 0 Å². The third kappa shape index (κ3) is 7.33. The summed E-state index contributed by atoms with van der Waals surface area (Å²) in [5, 5.41) is 0.175. The van der Waals surface area contributed by atoms with E-state index in [1.807, 2.05) is 32.9 Å². The van der Waals surface area contributed by atoms with Crippen molar-refractivity contribution >= 4 is 46.5 Å². The Bertz CT molecular complexity index is 637. The summed E-state index contributed by atoms with van der Waals surface area (Å²) >= 11 is 6.86. The van der Waals surface area contributed by atoms with Gasteiger partial charge in [-0.15, -0.1) is 0 Å². The molecule has 0 aliphatic heterocycles. The zero-order valence-corrected chi connectivity index (χ0v) is 21.2. The van der Waals surface area contributed by atoms with Gasteiger partial charge in [-0.25, -0.2) is 8.72 Å². The Labute approximate surface area is 176 Å². The molecule has 0 aliphatic carbocycles. The van der Waals surface area contributed by atoms with Crippen LogP contribution in [0.15, 0.2) is 22.7 Å². The van der Waals surface area contributed by atoms with Crippen LogP contribution >= 0.6 is 32.1 Å². The third-order valence-corrected chi connectivity index (χ3v) is 10.2. The lowest BCUT2D eigenvalue weighted by atomic mass is 10.1. The van der Waals surface area contributed by atoms with Crippen LogP contribution < -0.4 is 0 Å². The van der Waals surface area contributed by atoms with Crippen LogP contribution in [0.5, 0.6) is 0 Å². The standard InChI is InChI=1S/C19H31Br2NO3Si/c1-18(2,3)25-17(23)22(21)12-15-11-14(9-10-16(15)20)13-24-26(7,8)19(4,5)6/h9-11H,12-13H2,1-8H3. The smallest absolute Gasteiger partial charge is 0.420 e. The summed E-state index contributed by atoms with van der Waals surface area (Å²) in [6.07, 6.45) is -0.410. The average Bonchev–Trinajstić information content (AvgIpc) is 2.45. The molecule has 0 aromatic heterocycles. The number of halogens is 2. The second-order valence-electron chi connectivity index (χ2n) is 8.98. The van der Waals surface area contributed by atoms with Crippen LogP contribution in [0.1, 0.15) is 52.7 Å². The molecule has 1 aromatic rings. The van der Waals surface area contributed by atoms with Gasteiger partial charge in [-0.05, 0) is 56.1 Å². The van der Waals surface area contributed by atoms with Crippen molar-refractivity contribution in [1.29, 1.82) is 0 Å². The Kier molecular flexibility index (Phi) is 7.97. The first-order chi connectivity index (χ1) is 11.6. The Morgan fingerprint density at radius 1 is 1.15 bits per heavy atom. The van der Waals surface area contributed by atoms with Gasteiger partial charge in [0.05, 0.1) is 29.3 Å². The number of nitrogens with zero attached hydrogens (tertiary/aromatic N) is 1. The van der Waals surface area contributed by atoms with Crippen LogP contribution in [0, 0.1) is 0 Å². The summed E-state index contributed by atoms with van der Waals surface area (Å²) in [5.74, 6) is 0. The summed E-state index contributed by atoms with van der Waals surface area (Å²) in [5.41, 5.74) is 1.56. The largest absolute Gasteiger partial charge is 0.443 e. The Morgan fingerprint density at radius 2 is 1.73 bits per heavy atom. The molecule has 0 aliphatic rings. The lowest BCUT2D eigenvalue weighted by Crippen LogP contribution is -2.40. The molecule has 1 amide bonds. The molecule has 0 unspecified atom stereocenters. The van der Waals surface area contributed by atoms with Crippen LogP contribution in [-0.4, -0.2) is 23.9 Å². The molecule has 0 bridgehead atoms. The minimum absolute atomic E-state index is 0.175. The van der Waals surface area contributed by atoms with Crippen molar-refractivity contribution in [2.24, 2.45) is 0 Å². The molecule has 0 fully saturated rings. The maximum atomic E-state index is 12.1. The highest BCUT2D eigenvalue weighted by atomic mass is 79.9. The Balaban J connectivity index is 2.83. The molecule has 0 atom stereocenters. The Morgan fingerprint density at radius 3 is 2.23 bits per heavy atom. The van der Waals surface area contributed by atoms with E-state index < -0.39 is 20.0 Å². The van der Waals surface area contributed by atoms with Gasteiger partial charge in [0, 0.05) is 4.47 Å². The van der Waals surface area contributed by atoms with Crippen molar-refractivity contribution in [1.82, 2.24) is 3.93 Å². The molecule has 148 valence electrons. The van der Waals surface area contributed by atoms with Crippen molar-refractivity contribution in [3.05, 3.63) is 33.8 Å². The molecule has 0 N–H and O–H groups in total. The topological polar surface area (TPSA) is 38.8 Å². The fourth-order valence-electron chi connectivity index (χ4n) is 1.84. The van der Waals surface area contributed by atoms with Gasteiger partial charge in [0.1, 0.15) is 5.60 Å². The van der Waals surface area contributed by atoms with E-state index in [-0.39, 0.29) is 5.04 Å². The van der Waals surface area contributed by atoms with Crippen molar-refractivity contribution in [3.8, 4) is 0 Å². The van der Waals surface area contributed by atoms with E-state index in [1.54, 1.807) is 0 Å². The van der Waals surface area contributed by atoms with Crippen LogP contribution in [0.3, 0.4) is 0 Å². The van der Waals surface area contributed by atoms with E-state index >= 15 is 0 Å². The van der Waals surface area contributed by atoms with Crippen LogP contribution in [-0.2, 0) is 22.3 Å². The van der Waals surface area contributed by atoms with Gasteiger partial charge in [-0.1, -0.05) is 48.8 Å². The normalized spacial score (nSPS) is 12.8. The highest BCUT2D eigenvalue weighted by Crippen LogP contribution is 2.37. The van der Waals surface area contributed by atoms with E-state index in [2.05, 4.69) is 72.0 Å². The zero-order valence-electron chi connectivity index (χ0n) is 17.1. The van der Waals surface area contributed by atoms with E-state index in [0.717, 1.165) is 15.6 Å². The van der Waals surface area contributed by atoms with Crippen LogP contribution in [0.4, 0.5) is 4.79 Å². The number of ether oxygens (including phenoxy) is 1. The first-order valence-corrected chi connectivity index (χ1v) is 13.1. The zero-order chi connectivity index (χ0) is 20.3. The molecule has 1 rings (SSSR count). The van der Waals surface area contributed by atoms with E-state index in [9.17, 15) is 4.79 Å². The molecule has 4 nitrogen and oxygen atoms in total. The first kappa shape index (κ1) is 23.7. The maximum Gasteiger partial charge on any atom is 0.420 e. The van der Waals surface area contributed by atoms with Crippen molar-refractivity contribution < 1.29 is 14.0 Å². The molecule has 1 aromatic carbocycles. The monoisotopic (exact) mass is 507 g/mol. The second-order valence-corrected chi connectivity index (χ2v) is 15.5. The number of carbonyl (C=O) groups excluding carboxylic acids is 1. The summed E-state index contributed by atoms with van der Waals surface area (Å²) in [6.45, 7) is 17.7. The van der Waals surface area contributed by atoms with Crippen molar-refractivity contribution in [2.45, 2.75) is 78.4 Å². The van der Waals surface area contributed by atoms with Gasteiger partial charge in [-0.3, -0.25) is 0 Å². The average molecular weight is 509 g/mol. The van der Waals surface area contributed by atoms with Gasteiger partial charge in [0.15, 0.2) is 8.32 Å². The second kappa shape index (κ2) is 8.75. The maximum absolute atomic E-state index is 12.1. The summed E-state index contributed by atoms with van der Waals surface area (Å²) in [4.78, 5) is 12.1. The molecule has 0 saturated heterocycles. The number of hydrogen-bond donors (Lipinski definition) is 0. The molecular formula is C19H31Br2NO3Si. The number of hydrogen-bond acceptors (Lipinski definition) is 3. The predicted molar refractivity (Wildman–Crippen MR) is 117 cm³/mol. The van der Waals surface area contributed by atoms with E-state index in [1.165, 1.54) is 3.93 Å². The fraction of sp³-hybridized carbons (Fsp3) is 0.632. The fourth-order valence-corrected chi connectivity index (χ4v) is 3.52. The number of benzene rings is 1. The quantitative estimate of drug-likeness (QED) is 0.317. The van der Waals surface area contributed by atoms with Gasteiger partial charge >= 0.3 is 6.09 Å². The van der Waals surface area contributed by atoms with E-state index in [0.29, 0.717) is 13.2 Å². The summed E-state index contributed by atoms with van der Waals surface area (Å²) in [6, 6.07) is 6.11. The molecule has 0 heterocycles. The lowest BCUT2D eigenvalue weighted by molar-refractivity contribution is 0.0406. The van der Waals surface area contributed by atoms with Gasteiger partial charge in [0.25, 0.3) is 0 Å². The molecule has 0 saturated carbocycles. The van der Waals surface area contributed by atoms with Crippen LogP contribution in [0.2, 0.25) is 18.1 Å². The first-order valence-electron chi connectivity index (χ1n) is 8.70. The summed E-state index contributed by atoms with van der Waals surface area (Å²) < 4.78 is 14.0. The SMILES string of the molecule is CC(C)(C)OC(=O)N(Br)Cc1cc(CO[Si](C)(C)C(C)(C)C)ccc1Br. The Hall–Kier alpha value is -0.373. The van der Waals surface area contributed by atoms with Gasteiger partial charge in [-0.2, -0.15) is 0 Å². The number of amides is 1. The highest BCUT2D eigenvalue weighted by Gasteiger charge is 2.37. The number of carbonyl (C=O) groups is 1. The lowest BCUT2D eigenvalue weighted by Gasteiger charge is -2.36. The minimum atomic E-state index is -1.80. The van der Waals surface area contributed by atoms with Crippen molar-refractivity contribution in [3.63, 3.8) is 0 Å². The summed E-state index contributed by atoms with van der Waals surface area (Å²) in [7, 11) is -1.80. The third-order valence-electron chi connectivity index (χ3n) is 4.42. The highest BCUT2D eigenvalue weighted by molar-refractivity contribution is 9.10.